The Morgan fingerprint density at radius 2 is 2.11 bits per heavy atom. The van der Waals surface area contributed by atoms with E-state index in [2.05, 4.69) is 20.1 Å². The average Bonchev–Trinajstić information content (AvgIpc) is 1.87. The van der Waals surface area contributed by atoms with Gasteiger partial charge in [0.15, 0.2) is 0 Å². The standard InChI is InChI=1S/C7H17NS/c1-4-6(2)7(8)5-9-3/h6-7H,4-5,8H2,1-3H3. The highest BCUT2D eigenvalue weighted by atomic mass is 32.2. The summed E-state index contributed by atoms with van der Waals surface area (Å²) in [5.41, 5.74) is 5.82. The molecule has 0 rings (SSSR count). The Morgan fingerprint density at radius 3 is 2.44 bits per heavy atom. The van der Waals surface area contributed by atoms with E-state index in [1.165, 1.54) is 6.42 Å². The Morgan fingerprint density at radius 1 is 1.56 bits per heavy atom. The zero-order chi connectivity index (χ0) is 7.28. The molecule has 0 aliphatic carbocycles. The highest BCUT2D eigenvalue weighted by molar-refractivity contribution is 7.98. The summed E-state index contributed by atoms with van der Waals surface area (Å²) >= 11 is 1.83. The molecule has 0 fully saturated rings. The summed E-state index contributed by atoms with van der Waals surface area (Å²) in [6.45, 7) is 4.39. The molecule has 0 bridgehead atoms. The van der Waals surface area contributed by atoms with Crippen molar-refractivity contribution in [3.05, 3.63) is 0 Å². The van der Waals surface area contributed by atoms with Crippen molar-refractivity contribution >= 4 is 11.8 Å². The third-order valence-corrected chi connectivity index (χ3v) is 2.45. The summed E-state index contributed by atoms with van der Waals surface area (Å²) in [6, 6.07) is 0.394. The first-order chi connectivity index (χ1) is 4.22. The largest absolute Gasteiger partial charge is 0.327 e. The van der Waals surface area contributed by atoms with E-state index in [1.54, 1.807) is 0 Å². The highest BCUT2D eigenvalue weighted by Crippen LogP contribution is 2.08. The van der Waals surface area contributed by atoms with Gasteiger partial charge >= 0.3 is 0 Å². The van der Waals surface area contributed by atoms with Crippen molar-refractivity contribution in [2.75, 3.05) is 12.0 Å². The van der Waals surface area contributed by atoms with Gasteiger partial charge in [-0.05, 0) is 12.2 Å². The predicted molar refractivity (Wildman–Crippen MR) is 45.8 cm³/mol. The van der Waals surface area contributed by atoms with Crippen molar-refractivity contribution < 1.29 is 0 Å². The fourth-order valence-electron chi connectivity index (χ4n) is 0.659. The van der Waals surface area contributed by atoms with Gasteiger partial charge in [-0.15, -0.1) is 0 Å². The van der Waals surface area contributed by atoms with Crippen molar-refractivity contribution in [1.29, 1.82) is 0 Å². The molecule has 9 heavy (non-hydrogen) atoms. The van der Waals surface area contributed by atoms with Crippen LogP contribution in [-0.2, 0) is 0 Å². The van der Waals surface area contributed by atoms with Gasteiger partial charge in [-0.2, -0.15) is 11.8 Å². The SMILES string of the molecule is CCC(C)C(N)CSC. The third kappa shape index (κ3) is 3.82. The second kappa shape index (κ2) is 5.12. The molecule has 2 unspecified atom stereocenters. The Bertz CT molecular complexity index is 65.9. The molecule has 0 amide bonds. The van der Waals surface area contributed by atoms with Crippen molar-refractivity contribution in [2.24, 2.45) is 11.7 Å². The van der Waals surface area contributed by atoms with Gasteiger partial charge in [0.2, 0.25) is 0 Å². The van der Waals surface area contributed by atoms with Crippen LogP contribution in [0.4, 0.5) is 0 Å². The van der Waals surface area contributed by atoms with E-state index in [0.717, 1.165) is 5.75 Å². The molecule has 56 valence electrons. The van der Waals surface area contributed by atoms with Crippen LogP contribution in [0.3, 0.4) is 0 Å². The van der Waals surface area contributed by atoms with Crippen LogP contribution in [0.25, 0.3) is 0 Å². The number of hydrogen-bond acceptors (Lipinski definition) is 2. The molecule has 0 heterocycles. The van der Waals surface area contributed by atoms with Gasteiger partial charge in [0.05, 0.1) is 0 Å². The lowest BCUT2D eigenvalue weighted by molar-refractivity contribution is 0.475. The molecular formula is C7H17NS. The number of thioether (sulfide) groups is 1. The van der Waals surface area contributed by atoms with E-state index in [-0.39, 0.29) is 0 Å². The third-order valence-electron chi connectivity index (χ3n) is 1.73. The van der Waals surface area contributed by atoms with E-state index in [4.69, 9.17) is 5.73 Å². The summed E-state index contributed by atoms with van der Waals surface area (Å²) in [5, 5.41) is 0. The van der Waals surface area contributed by atoms with E-state index >= 15 is 0 Å². The van der Waals surface area contributed by atoms with Gasteiger partial charge in [0.1, 0.15) is 0 Å². The lowest BCUT2D eigenvalue weighted by Gasteiger charge is -2.16. The summed E-state index contributed by atoms with van der Waals surface area (Å²) in [5.74, 6) is 1.77. The maximum Gasteiger partial charge on any atom is 0.0156 e. The van der Waals surface area contributed by atoms with Crippen LogP contribution in [0.15, 0.2) is 0 Å². The molecule has 0 aromatic heterocycles. The number of hydrogen-bond donors (Lipinski definition) is 1. The Kier molecular flexibility index (Phi) is 5.30. The molecule has 0 aromatic rings. The molecule has 0 radical (unpaired) electrons. The first-order valence-corrected chi connectivity index (χ1v) is 4.86. The Balaban J connectivity index is 3.32. The molecule has 2 atom stereocenters. The van der Waals surface area contributed by atoms with E-state index in [1.807, 2.05) is 11.8 Å². The van der Waals surface area contributed by atoms with Crippen LogP contribution in [0.2, 0.25) is 0 Å². The fraction of sp³-hybridized carbons (Fsp3) is 1.00. The van der Waals surface area contributed by atoms with Gasteiger partial charge in [0.25, 0.3) is 0 Å². The zero-order valence-electron chi connectivity index (χ0n) is 6.55. The molecule has 0 saturated heterocycles. The quantitative estimate of drug-likeness (QED) is 0.655. The Hall–Kier alpha value is 0.310. The van der Waals surface area contributed by atoms with Crippen molar-refractivity contribution in [3.8, 4) is 0 Å². The van der Waals surface area contributed by atoms with Crippen LogP contribution in [0.5, 0.6) is 0 Å². The predicted octanol–water partition coefficient (Wildman–Crippen LogP) is 1.72. The number of nitrogens with two attached hydrogens (primary N) is 1. The fourth-order valence-corrected chi connectivity index (χ4v) is 1.37. The van der Waals surface area contributed by atoms with Crippen LogP contribution in [0, 0.1) is 5.92 Å². The van der Waals surface area contributed by atoms with E-state index < -0.39 is 0 Å². The monoisotopic (exact) mass is 147 g/mol. The summed E-state index contributed by atoms with van der Waals surface area (Å²) in [7, 11) is 0. The van der Waals surface area contributed by atoms with Gasteiger partial charge in [0, 0.05) is 11.8 Å². The molecule has 0 aliphatic heterocycles. The first kappa shape index (κ1) is 9.31. The summed E-state index contributed by atoms with van der Waals surface area (Å²) in [6.07, 6.45) is 3.30. The minimum absolute atomic E-state index is 0.394. The molecule has 1 nitrogen and oxygen atoms in total. The minimum atomic E-state index is 0.394. The second-order valence-electron chi connectivity index (χ2n) is 2.50. The van der Waals surface area contributed by atoms with Crippen LogP contribution >= 0.6 is 11.8 Å². The topological polar surface area (TPSA) is 26.0 Å². The second-order valence-corrected chi connectivity index (χ2v) is 3.42. The molecule has 0 spiro atoms. The minimum Gasteiger partial charge on any atom is -0.327 e. The zero-order valence-corrected chi connectivity index (χ0v) is 7.37. The van der Waals surface area contributed by atoms with Crippen LogP contribution in [0.1, 0.15) is 20.3 Å². The lowest BCUT2D eigenvalue weighted by atomic mass is 10.0. The average molecular weight is 147 g/mol. The molecule has 0 aliphatic rings. The van der Waals surface area contributed by atoms with Crippen molar-refractivity contribution in [2.45, 2.75) is 26.3 Å². The molecule has 0 saturated carbocycles. The van der Waals surface area contributed by atoms with Gasteiger partial charge in [-0.25, -0.2) is 0 Å². The normalized spacial score (nSPS) is 17.3. The molecule has 2 N–H and O–H groups in total. The summed E-state index contributed by atoms with van der Waals surface area (Å²) in [4.78, 5) is 0. The van der Waals surface area contributed by atoms with Gasteiger partial charge < -0.3 is 5.73 Å². The van der Waals surface area contributed by atoms with Crippen molar-refractivity contribution in [1.82, 2.24) is 0 Å². The summed E-state index contributed by atoms with van der Waals surface area (Å²) < 4.78 is 0. The number of rotatable bonds is 4. The first-order valence-electron chi connectivity index (χ1n) is 3.46. The van der Waals surface area contributed by atoms with Crippen LogP contribution in [-0.4, -0.2) is 18.1 Å². The molecular weight excluding hydrogens is 130 g/mol. The van der Waals surface area contributed by atoms with Gasteiger partial charge in [-0.3, -0.25) is 0 Å². The Labute approximate surface area is 62.4 Å². The molecule has 2 heteroatoms. The maximum atomic E-state index is 5.82. The highest BCUT2D eigenvalue weighted by Gasteiger charge is 2.08. The smallest absolute Gasteiger partial charge is 0.0156 e. The van der Waals surface area contributed by atoms with E-state index in [0.29, 0.717) is 12.0 Å². The van der Waals surface area contributed by atoms with E-state index in [9.17, 15) is 0 Å². The molecule has 0 aromatic carbocycles. The van der Waals surface area contributed by atoms with Crippen LogP contribution < -0.4 is 5.73 Å². The van der Waals surface area contributed by atoms with Crippen molar-refractivity contribution in [3.63, 3.8) is 0 Å². The maximum absolute atomic E-state index is 5.82. The lowest BCUT2D eigenvalue weighted by Crippen LogP contribution is -2.30. The van der Waals surface area contributed by atoms with Gasteiger partial charge in [-0.1, -0.05) is 20.3 Å².